The van der Waals surface area contributed by atoms with Gasteiger partial charge >= 0.3 is 0 Å². The van der Waals surface area contributed by atoms with Gasteiger partial charge in [0.25, 0.3) is 0 Å². The SMILES string of the molecule is CCOc1ncnc(NCc2nc(C)cs2)c1C. The van der Waals surface area contributed by atoms with Crippen LogP contribution in [0.25, 0.3) is 0 Å². The number of ether oxygens (including phenoxy) is 1. The minimum absolute atomic E-state index is 0.600. The zero-order valence-electron chi connectivity index (χ0n) is 10.7. The largest absolute Gasteiger partial charge is 0.478 e. The number of nitrogens with one attached hydrogen (secondary N) is 1. The van der Waals surface area contributed by atoms with Crippen molar-refractivity contribution in [3.8, 4) is 5.88 Å². The summed E-state index contributed by atoms with van der Waals surface area (Å²) in [6.45, 7) is 7.14. The van der Waals surface area contributed by atoms with E-state index in [1.807, 2.05) is 26.2 Å². The molecule has 0 fully saturated rings. The minimum Gasteiger partial charge on any atom is -0.478 e. The molecule has 0 saturated carbocycles. The van der Waals surface area contributed by atoms with Crippen molar-refractivity contribution in [3.05, 3.63) is 28.0 Å². The molecule has 0 aliphatic carbocycles. The molecule has 96 valence electrons. The smallest absolute Gasteiger partial charge is 0.221 e. The summed E-state index contributed by atoms with van der Waals surface area (Å²) < 4.78 is 5.43. The highest BCUT2D eigenvalue weighted by molar-refractivity contribution is 7.09. The van der Waals surface area contributed by atoms with Gasteiger partial charge in [-0.3, -0.25) is 0 Å². The molecule has 0 aliphatic rings. The summed E-state index contributed by atoms with van der Waals surface area (Å²) in [5.74, 6) is 1.42. The zero-order valence-corrected chi connectivity index (χ0v) is 11.5. The fourth-order valence-electron chi connectivity index (χ4n) is 1.54. The van der Waals surface area contributed by atoms with Crippen LogP contribution in [-0.2, 0) is 6.54 Å². The van der Waals surface area contributed by atoms with Gasteiger partial charge in [-0.15, -0.1) is 11.3 Å². The molecule has 2 aromatic heterocycles. The highest BCUT2D eigenvalue weighted by atomic mass is 32.1. The van der Waals surface area contributed by atoms with Gasteiger partial charge in [-0.25, -0.2) is 15.0 Å². The van der Waals surface area contributed by atoms with E-state index in [1.165, 1.54) is 6.33 Å². The van der Waals surface area contributed by atoms with Crippen LogP contribution in [-0.4, -0.2) is 21.6 Å². The number of nitrogens with zero attached hydrogens (tertiary/aromatic N) is 3. The normalized spacial score (nSPS) is 10.4. The maximum atomic E-state index is 5.43. The monoisotopic (exact) mass is 264 g/mol. The summed E-state index contributed by atoms with van der Waals surface area (Å²) in [5.41, 5.74) is 1.97. The Balaban J connectivity index is 2.07. The van der Waals surface area contributed by atoms with E-state index in [0.29, 0.717) is 19.0 Å². The van der Waals surface area contributed by atoms with Gasteiger partial charge in [0.1, 0.15) is 17.2 Å². The summed E-state index contributed by atoms with van der Waals surface area (Å²) >= 11 is 1.64. The van der Waals surface area contributed by atoms with Crippen LogP contribution in [0, 0.1) is 13.8 Å². The van der Waals surface area contributed by atoms with Crippen molar-refractivity contribution in [1.29, 1.82) is 0 Å². The Morgan fingerprint density at radius 3 is 2.83 bits per heavy atom. The summed E-state index contributed by atoms with van der Waals surface area (Å²) in [6.07, 6.45) is 1.51. The van der Waals surface area contributed by atoms with Crippen molar-refractivity contribution in [2.75, 3.05) is 11.9 Å². The first-order valence-corrected chi connectivity index (χ1v) is 6.68. The van der Waals surface area contributed by atoms with Gasteiger partial charge in [0.15, 0.2) is 0 Å². The lowest BCUT2D eigenvalue weighted by molar-refractivity contribution is 0.324. The number of aryl methyl sites for hydroxylation is 1. The fourth-order valence-corrected chi connectivity index (χ4v) is 2.25. The standard InChI is InChI=1S/C12H16N4OS/c1-4-17-12-9(3)11(14-7-15-12)13-5-10-16-8(2)6-18-10/h6-7H,4-5H2,1-3H3,(H,13,14,15). The molecule has 18 heavy (non-hydrogen) atoms. The van der Waals surface area contributed by atoms with E-state index >= 15 is 0 Å². The van der Waals surface area contributed by atoms with E-state index in [-0.39, 0.29) is 0 Å². The quantitative estimate of drug-likeness (QED) is 0.899. The molecule has 6 heteroatoms. The van der Waals surface area contributed by atoms with Gasteiger partial charge in [0, 0.05) is 11.1 Å². The van der Waals surface area contributed by atoms with E-state index in [2.05, 4.69) is 20.3 Å². The van der Waals surface area contributed by atoms with Gasteiger partial charge in [-0.1, -0.05) is 0 Å². The van der Waals surface area contributed by atoms with Crippen molar-refractivity contribution in [3.63, 3.8) is 0 Å². The Kier molecular flexibility index (Phi) is 4.09. The van der Waals surface area contributed by atoms with Crippen molar-refractivity contribution < 1.29 is 4.74 Å². The van der Waals surface area contributed by atoms with E-state index in [0.717, 1.165) is 22.1 Å². The molecule has 0 amide bonds. The van der Waals surface area contributed by atoms with Crippen LogP contribution < -0.4 is 10.1 Å². The summed E-state index contributed by atoms with van der Waals surface area (Å²) in [6, 6.07) is 0. The lowest BCUT2D eigenvalue weighted by Gasteiger charge is -2.10. The van der Waals surface area contributed by atoms with E-state index in [1.54, 1.807) is 11.3 Å². The number of hydrogen-bond acceptors (Lipinski definition) is 6. The second-order valence-electron chi connectivity index (χ2n) is 3.82. The van der Waals surface area contributed by atoms with Crippen molar-refractivity contribution in [1.82, 2.24) is 15.0 Å². The number of thiazole rings is 1. The van der Waals surface area contributed by atoms with Crippen molar-refractivity contribution in [2.45, 2.75) is 27.3 Å². The summed E-state index contributed by atoms with van der Waals surface area (Å²) in [5, 5.41) is 6.34. The Morgan fingerprint density at radius 2 is 2.17 bits per heavy atom. The molecule has 2 heterocycles. The molecule has 0 unspecified atom stereocenters. The number of aromatic nitrogens is 3. The molecule has 0 atom stereocenters. The molecule has 0 radical (unpaired) electrons. The molecule has 0 bridgehead atoms. The highest BCUT2D eigenvalue weighted by Crippen LogP contribution is 2.21. The summed E-state index contributed by atoms with van der Waals surface area (Å²) in [7, 11) is 0. The average Bonchev–Trinajstić information content (AvgIpc) is 2.77. The lowest BCUT2D eigenvalue weighted by atomic mass is 10.3. The Labute approximate surface area is 110 Å². The predicted molar refractivity (Wildman–Crippen MR) is 72.1 cm³/mol. The second-order valence-corrected chi connectivity index (χ2v) is 4.76. The third kappa shape index (κ3) is 2.95. The van der Waals surface area contributed by atoms with Crippen LogP contribution in [0.3, 0.4) is 0 Å². The summed E-state index contributed by atoms with van der Waals surface area (Å²) in [4.78, 5) is 12.7. The van der Waals surface area contributed by atoms with Crippen LogP contribution >= 0.6 is 11.3 Å². The van der Waals surface area contributed by atoms with E-state index < -0.39 is 0 Å². The van der Waals surface area contributed by atoms with Gasteiger partial charge in [-0.05, 0) is 20.8 Å². The third-order valence-electron chi connectivity index (χ3n) is 2.39. The van der Waals surface area contributed by atoms with Gasteiger partial charge < -0.3 is 10.1 Å². The first-order valence-electron chi connectivity index (χ1n) is 5.80. The van der Waals surface area contributed by atoms with Gasteiger partial charge in [0.05, 0.1) is 18.7 Å². The number of hydrogen-bond donors (Lipinski definition) is 1. The first kappa shape index (κ1) is 12.8. The zero-order chi connectivity index (χ0) is 13.0. The molecular weight excluding hydrogens is 248 g/mol. The molecule has 2 aromatic rings. The van der Waals surface area contributed by atoms with E-state index in [4.69, 9.17) is 4.74 Å². The number of anilines is 1. The molecule has 0 aliphatic heterocycles. The van der Waals surface area contributed by atoms with Crippen molar-refractivity contribution >= 4 is 17.2 Å². The maximum Gasteiger partial charge on any atom is 0.221 e. The molecular formula is C12H16N4OS. The molecule has 0 aromatic carbocycles. The third-order valence-corrected chi connectivity index (χ3v) is 3.36. The average molecular weight is 264 g/mol. The molecule has 0 saturated heterocycles. The van der Waals surface area contributed by atoms with Crippen LogP contribution in [0.4, 0.5) is 5.82 Å². The highest BCUT2D eigenvalue weighted by Gasteiger charge is 2.08. The van der Waals surface area contributed by atoms with Gasteiger partial charge in [-0.2, -0.15) is 0 Å². The van der Waals surface area contributed by atoms with Crippen LogP contribution in [0.5, 0.6) is 5.88 Å². The molecule has 5 nitrogen and oxygen atoms in total. The van der Waals surface area contributed by atoms with Crippen LogP contribution in [0.15, 0.2) is 11.7 Å². The first-order chi connectivity index (χ1) is 8.70. The van der Waals surface area contributed by atoms with E-state index in [9.17, 15) is 0 Å². The molecule has 1 N–H and O–H groups in total. The predicted octanol–water partition coefficient (Wildman–Crippen LogP) is 2.56. The van der Waals surface area contributed by atoms with Crippen molar-refractivity contribution in [2.24, 2.45) is 0 Å². The minimum atomic E-state index is 0.600. The Bertz CT molecular complexity index is 527. The fraction of sp³-hybridized carbons (Fsp3) is 0.417. The maximum absolute atomic E-state index is 5.43. The van der Waals surface area contributed by atoms with Crippen LogP contribution in [0.1, 0.15) is 23.2 Å². The van der Waals surface area contributed by atoms with Gasteiger partial charge in [0.2, 0.25) is 5.88 Å². The Morgan fingerprint density at radius 1 is 1.33 bits per heavy atom. The number of rotatable bonds is 5. The second kappa shape index (κ2) is 5.77. The Hall–Kier alpha value is -1.69. The molecule has 0 spiro atoms. The van der Waals surface area contributed by atoms with Crippen LogP contribution in [0.2, 0.25) is 0 Å². The lowest BCUT2D eigenvalue weighted by Crippen LogP contribution is -2.06. The molecule has 2 rings (SSSR count). The topological polar surface area (TPSA) is 59.9 Å².